The molecule has 4 heterocycles. The maximum Gasteiger partial charge on any atom is 0.139 e. The van der Waals surface area contributed by atoms with E-state index >= 15 is 0 Å². The summed E-state index contributed by atoms with van der Waals surface area (Å²) in [5.41, 5.74) is 3.36. The second-order valence-corrected chi connectivity index (χ2v) is 6.11. The van der Waals surface area contributed by atoms with Crippen LogP contribution in [-0.2, 0) is 17.8 Å². The van der Waals surface area contributed by atoms with Gasteiger partial charge in [-0.2, -0.15) is 5.10 Å². The Morgan fingerprint density at radius 2 is 2.26 bits per heavy atom. The quantitative estimate of drug-likeness (QED) is 0.736. The number of aryl methyl sites for hydroxylation is 1. The van der Waals surface area contributed by atoms with E-state index < -0.39 is 0 Å². The summed E-state index contributed by atoms with van der Waals surface area (Å²) in [6, 6.07) is 6.10. The molecule has 23 heavy (non-hydrogen) atoms. The molecule has 0 N–H and O–H groups in total. The van der Waals surface area contributed by atoms with E-state index in [4.69, 9.17) is 9.72 Å². The molecule has 0 aliphatic carbocycles. The van der Waals surface area contributed by atoms with E-state index in [1.165, 1.54) is 5.56 Å². The fraction of sp³-hybridized carbons (Fsp3) is 0.412. The molecule has 1 saturated heterocycles. The van der Waals surface area contributed by atoms with E-state index in [1.54, 1.807) is 6.20 Å². The average Bonchev–Trinajstić information content (AvgIpc) is 3.18. The summed E-state index contributed by atoms with van der Waals surface area (Å²) >= 11 is 0. The van der Waals surface area contributed by atoms with Crippen LogP contribution in [0.1, 0.15) is 11.3 Å². The molecule has 0 bridgehead atoms. The van der Waals surface area contributed by atoms with Crippen LogP contribution in [-0.4, -0.2) is 49.9 Å². The van der Waals surface area contributed by atoms with E-state index in [2.05, 4.69) is 45.8 Å². The zero-order valence-corrected chi connectivity index (χ0v) is 13.3. The molecule has 1 atom stereocenters. The Morgan fingerprint density at radius 3 is 3.09 bits per heavy atom. The SMILES string of the molecule is Cc1cccn2cc(CN3CCO[C@@H](Cn4cccn4)C3)nc12. The van der Waals surface area contributed by atoms with E-state index in [1.807, 2.05) is 16.9 Å². The Kier molecular flexibility index (Phi) is 3.85. The van der Waals surface area contributed by atoms with Gasteiger partial charge >= 0.3 is 0 Å². The number of aromatic nitrogens is 4. The highest BCUT2D eigenvalue weighted by Gasteiger charge is 2.21. The number of ether oxygens (including phenoxy) is 1. The molecule has 0 spiro atoms. The van der Waals surface area contributed by atoms with Crippen molar-refractivity contribution in [2.45, 2.75) is 26.1 Å². The van der Waals surface area contributed by atoms with Crippen molar-refractivity contribution in [2.75, 3.05) is 19.7 Å². The number of hydrogen-bond donors (Lipinski definition) is 0. The number of hydrogen-bond acceptors (Lipinski definition) is 4. The molecule has 4 rings (SSSR count). The number of pyridine rings is 1. The van der Waals surface area contributed by atoms with Crippen molar-refractivity contribution in [2.24, 2.45) is 0 Å². The minimum Gasteiger partial charge on any atom is -0.374 e. The number of morpholine rings is 1. The molecular formula is C17H21N5O. The van der Waals surface area contributed by atoms with Crippen LogP contribution in [0.15, 0.2) is 43.0 Å². The molecule has 0 saturated carbocycles. The number of fused-ring (bicyclic) bond motifs is 1. The Bertz CT molecular complexity index is 779. The molecule has 3 aromatic rings. The Morgan fingerprint density at radius 1 is 1.30 bits per heavy atom. The van der Waals surface area contributed by atoms with Crippen molar-refractivity contribution >= 4 is 5.65 Å². The Labute approximate surface area is 135 Å². The molecule has 6 nitrogen and oxygen atoms in total. The van der Waals surface area contributed by atoms with Gasteiger partial charge in [-0.1, -0.05) is 6.07 Å². The third-order valence-corrected chi connectivity index (χ3v) is 4.29. The van der Waals surface area contributed by atoms with Gasteiger partial charge in [-0.25, -0.2) is 4.98 Å². The van der Waals surface area contributed by atoms with E-state index in [-0.39, 0.29) is 6.10 Å². The first-order valence-electron chi connectivity index (χ1n) is 8.02. The molecule has 3 aromatic heterocycles. The van der Waals surface area contributed by atoms with Gasteiger partial charge < -0.3 is 9.14 Å². The Hall–Kier alpha value is -2.18. The van der Waals surface area contributed by atoms with Crippen LogP contribution in [0, 0.1) is 6.92 Å². The third kappa shape index (κ3) is 3.13. The first-order chi connectivity index (χ1) is 11.3. The van der Waals surface area contributed by atoms with E-state index in [0.29, 0.717) is 0 Å². The largest absolute Gasteiger partial charge is 0.374 e. The van der Waals surface area contributed by atoms with Crippen LogP contribution in [0.4, 0.5) is 0 Å². The van der Waals surface area contributed by atoms with E-state index in [9.17, 15) is 0 Å². The van der Waals surface area contributed by atoms with Gasteiger partial charge in [0.2, 0.25) is 0 Å². The van der Waals surface area contributed by atoms with Gasteiger partial charge in [-0.3, -0.25) is 9.58 Å². The molecule has 1 aliphatic heterocycles. The summed E-state index contributed by atoms with van der Waals surface area (Å²) in [7, 11) is 0. The van der Waals surface area contributed by atoms with Crippen molar-refractivity contribution in [1.82, 2.24) is 24.1 Å². The lowest BCUT2D eigenvalue weighted by molar-refractivity contribution is -0.0405. The van der Waals surface area contributed by atoms with Crippen molar-refractivity contribution in [3.8, 4) is 0 Å². The van der Waals surface area contributed by atoms with Gasteiger partial charge in [-0.15, -0.1) is 0 Å². The van der Waals surface area contributed by atoms with Crippen molar-refractivity contribution in [3.63, 3.8) is 0 Å². The van der Waals surface area contributed by atoms with Gasteiger partial charge in [0.1, 0.15) is 5.65 Å². The standard InChI is InChI=1S/C17H21N5O/c1-14-4-2-6-21-11-15(19-17(14)21)10-20-8-9-23-16(12-20)13-22-7-3-5-18-22/h2-7,11,16H,8-10,12-13H2,1H3/t16-/m1/s1. The first kappa shape index (κ1) is 14.4. The highest BCUT2D eigenvalue weighted by Crippen LogP contribution is 2.14. The summed E-state index contributed by atoms with van der Waals surface area (Å²) in [5.74, 6) is 0. The van der Waals surface area contributed by atoms with E-state index in [0.717, 1.165) is 44.1 Å². The fourth-order valence-corrected chi connectivity index (χ4v) is 3.16. The van der Waals surface area contributed by atoms with Crippen molar-refractivity contribution in [3.05, 3.63) is 54.2 Å². The van der Waals surface area contributed by atoms with Crippen LogP contribution in [0.5, 0.6) is 0 Å². The maximum atomic E-state index is 5.87. The van der Waals surface area contributed by atoms with Crippen LogP contribution >= 0.6 is 0 Å². The first-order valence-corrected chi connectivity index (χ1v) is 8.02. The fourth-order valence-electron chi connectivity index (χ4n) is 3.16. The normalized spacial score (nSPS) is 19.4. The lowest BCUT2D eigenvalue weighted by atomic mass is 10.2. The van der Waals surface area contributed by atoms with Gasteiger partial charge in [-0.05, 0) is 24.6 Å². The molecule has 0 unspecified atom stereocenters. The molecule has 1 fully saturated rings. The van der Waals surface area contributed by atoms with Crippen LogP contribution in [0.2, 0.25) is 0 Å². The maximum absolute atomic E-state index is 5.87. The minimum absolute atomic E-state index is 0.183. The predicted molar refractivity (Wildman–Crippen MR) is 87.2 cm³/mol. The van der Waals surface area contributed by atoms with Crippen molar-refractivity contribution < 1.29 is 4.74 Å². The molecule has 6 heteroatoms. The molecule has 0 aromatic carbocycles. The summed E-state index contributed by atoms with van der Waals surface area (Å²) in [6.07, 6.45) is 8.15. The molecule has 1 aliphatic rings. The summed E-state index contributed by atoms with van der Waals surface area (Å²) in [5, 5.41) is 4.26. The predicted octanol–water partition coefficient (Wildman–Crippen LogP) is 1.74. The monoisotopic (exact) mass is 311 g/mol. The summed E-state index contributed by atoms with van der Waals surface area (Å²) in [6.45, 7) is 6.38. The zero-order chi connectivity index (χ0) is 15.6. The average molecular weight is 311 g/mol. The smallest absolute Gasteiger partial charge is 0.139 e. The van der Waals surface area contributed by atoms with Crippen LogP contribution in [0.3, 0.4) is 0 Å². The molecule has 0 amide bonds. The van der Waals surface area contributed by atoms with Gasteiger partial charge in [0.05, 0.1) is 24.9 Å². The third-order valence-electron chi connectivity index (χ3n) is 4.29. The number of imidazole rings is 1. The van der Waals surface area contributed by atoms with Gasteiger partial charge in [0, 0.05) is 44.4 Å². The van der Waals surface area contributed by atoms with Crippen molar-refractivity contribution in [1.29, 1.82) is 0 Å². The molecule has 0 radical (unpaired) electrons. The van der Waals surface area contributed by atoms with Gasteiger partial charge in [0.25, 0.3) is 0 Å². The summed E-state index contributed by atoms with van der Waals surface area (Å²) < 4.78 is 9.91. The summed E-state index contributed by atoms with van der Waals surface area (Å²) in [4.78, 5) is 7.18. The topological polar surface area (TPSA) is 47.6 Å². The Balaban J connectivity index is 1.44. The van der Waals surface area contributed by atoms with Crippen LogP contribution in [0.25, 0.3) is 5.65 Å². The second kappa shape index (κ2) is 6.14. The molecular weight excluding hydrogens is 290 g/mol. The zero-order valence-electron chi connectivity index (χ0n) is 13.3. The molecule has 120 valence electrons. The highest BCUT2D eigenvalue weighted by molar-refractivity contribution is 5.47. The van der Waals surface area contributed by atoms with Gasteiger partial charge in [0.15, 0.2) is 0 Å². The van der Waals surface area contributed by atoms with Crippen LogP contribution < -0.4 is 0 Å². The number of rotatable bonds is 4. The number of nitrogens with zero attached hydrogens (tertiary/aromatic N) is 5. The minimum atomic E-state index is 0.183. The lowest BCUT2D eigenvalue weighted by Gasteiger charge is -2.32. The second-order valence-electron chi connectivity index (χ2n) is 6.11. The lowest BCUT2D eigenvalue weighted by Crippen LogP contribution is -2.43. The highest BCUT2D eigenvalue weighted by atomic mass is 16.5.